The number of nitrogens with zero attached hydrogens (tertiary/aromatic N) is 5. The number of rotatable bonds is 61. The number of imide groups is 1. The van der Waals surface area contributed by atoms with Crippen molar-refractivity contribution in [3.8, 4) is 0 Å². The molecule has 1 unspecified atom stereocenters. The molecule has 4 aliphatic rings. The van der Waals surface area contributed by atoms with Gasteiger partial charge in [-0.15, -0.1) is 11.8 Å². The molecule has 4 aromatic carbocycles. The standard InChI is InChI=1S/C106H156N16O24S/c1-13-66(6)93(83(144-11)58-87(125)120-53-27-34-81(120)94(145-12)68(8)95(130)112-67(7)55-69-29-17-14-18-30-69)118(9)102(137)91(64(2)3)117-100(135)92(65(4)5)119(10)106(143)146-62-71-41-46-76(47-42-71)113-99(134)82-35-28-54-121(82)89(127)61-111-86(124)37-20-16-26-52-122-88(126)59-84(101(122)136)147-63-77(107)97(132)108-50-24-15-19-36-85(123)110-60-70-38-44-74(45-39-70)96(131)114-80(57-72-40-43-73-31-21-22-32-75(73)56-72)98(133)109-51-25-23-33-78(103(138)139)115-105(142)116-79(104(140)141)48-49-90(128)129/h14,17-18,21-22,29-32,40-43,46-47,56,64-68,70,74,77-84,91-94H,13,15-16,19-20,23-28,33-39,44-45,48-55,57-63,107H2,1-12H3,(H,108,132)(H,109,133)(H,110,123)(H,111,124)(H,112,130)(H,113,134)(H,114,131)(H,117,135)(H,128,129)(H,138,139)(H,140,141)(H2,115,116,142)/t66-,67+,68+,70?,74?,77-,78-,79-,80-,81-,82-,83+,84?,91-,92-,93-,94+/m0/s1. The van der Waals surface area contributed by atoms with Crippen LogP contribution < -0.4 is 58.9 Å². The van der Waals surface area contributed by atoms with Crippen molar-refractivity contribution in [1.82, 2.24) is 72.4 Å². The van der Waals surface area contributed by atoms with Crippen LogP contribution in [-0.2, 0) is 110 Å². The fourth-order valence-corrected chi connectivity index (χ4v) is 20.7. The molecule has 15 atom stereocenters. The summed E-state index contributed by atoms with van der Waals surface area (Å²) in [5.74, 6) is -10.5. The number of nitrogens with two attached hydrogens (primary N) is 1. The zero-order chi connectivity index (χ0) is 108. The van der Waals surface area contributed by atoms with E-state index < -0.39 is 162 Å². The van der Waals surface area contributed by atoms with Crippen molar-refractivity contribution in [3.63, 3.8) is 0 Å². The van der Waals surface area contributed by atoms with Gasteiger partial charge in [-0.1, -0.05) is 153 Å². The second-order valence-electron chi connectivity index (χ2n) is 40.0. The molecular formula is C106H156N16O24S. The first-order valence-electron chi connectivity index (χ1n) is 51.8. The minimum Gasteiger partial charge on any atom is -0.481 e. The lowest BCUT2D eigenvalue weighted by Crippen LogP contribution is -2.60. The second-order valence-corrected chi connectivity index (χ2v) is 41.2. The minimum atomic E-state index is -1.56. The van der Waals surface area contributed by atoms with Crippen molar-refractivity contribution in [2.45, 2.75) is 307 Å². The van der Waals surface area contributed by atoms with E-state index in [4.69, 9.17) is 25.1 Å². The lowest BCUT2D eigenvalue weighted by atomic mass is 9.81. The Morgan fingerprint density at radius 3 is 1.82 bits per heavy atom. The number of hydrogen-bond acceptors (Lipinski definition) is 23. The number of thioether (sulfide) groups is 1. The molecule has 1 aliphatic carbocycles. The number of likely N-dealkylation sites (tertiary alicyclic amines) is 3. The van der Waals surface area contributed by atoms with Gasteiger partial charge in [-0.2, -0.15) is 0 Å². The molecule has 1 saturated carbocycles. The van der Waals surface area contributed by atoms with Crippen molar-refractivity contribution in [2.75, 3.05) is 85.2 Å². The number of methoxy groups -OCH3 is 2. The Balaban J connectivity index is 0.663. The van der Waals surface area contributed by atoms with Crippen molar-refractivity contribution < 1.29 is 116 Å². The predicted molar refractivity (Wildman–Crippen MR) is 552 cm³/mol. The first kappa shape index (κ1) is 120. The monoisotopic (exact) mass is 2070 g/mol. The number of ether oxygens (including phenoxy) is 3. The highest BCUT2D eigenvalue weighted by molar-refractivity contribution is 8.00. The third-order valence-electron chi connectivity index (χ3n) is 28.2. The molecule has 40 nitrogen and oxygen atoms in total. The van der Waals surface area contributed by atoms with Crippen molar-refractivity contribution in [2.24, 2.45) is 41.2 Å². The number of urea groups is 1. The molecule has 810 valence electrons. The van der Waals surface area contributed by atoms with Crippen LogP contribution in [0.5, 0.6) is 0 Å². The van der Waals surface area contributed by atoms with Crippen molar-refractivity contribution >= 4 is 135 Å². The summed E-state index contributed by atoms with van der Waals surface area (Å²) in [6, 6.07) is 19.9. The molecule has 8 rings (SSSR count). The smallest absolute Gasteiger partial charge is 0.410 e. The van der Waals surface area contributed by atoms with Crippen LogP contribution in [0.4, 0.5) is 15.3 Å². The van der Waals surface area contributed by atoms with Gasteiger partial charge in [0, 0.05) is 123 Å². The van der Waals surface area contributed by atoms with Crippen LogP contribution >= 0.6 is 11.8 Å². The summed E-state index contributed by atoms with van der Waals surface area (Å²) in [5.41, 5.74) is 9.10. The van der Waals surface area contributed by atoms with E-state index in [9.17, 15) is 96.5 Å². The highest BCUT2D eigenvalue weighted by Gasteiger charge is 2.46. The molecule has 15 N–H and O–H groups in total. The lowest BCUT2D eigenvalue weighted by molar-refractivity contribution is -0.148. The Kier molecular flexibility index (Phi) is 49.6. The number of carbonyl (C=O) groups excluding carboxylic acids is 15. The van der Waals surface area contributed by atoms with E-state index in [2.05, 4.69) is 53.2 Å². The molecule has 147 heavy (non-hydrogen) atoms. The zero-order valence-corrected chi connectivity index (χ0v) is 87.9. The number of aliphatic carboxylic acids is 3. The maximum Gasteiger partial charge on any atom is 0.410 e. The van der Waals surface area contributed by atoms with Crippen molar-refractivity contribution in [3.05, 3.63) is 114 Å². The molecule has 16 amide bonds. The predicted octanol–water partition coefficient (Wildman–Crippen LogP) is 7.72. The van der Waals surface area contributed by atoms with E-state index in [1.165, 1.54) is 28.9 Å². The molecule has 3 heterocycles. The van der Waals surface area contributed by atoms with E-state index in [0.29, 0.717) is 140 Å². The van der Waals surface area contributed by atoms with Crippen LogP contribution in [-0.4, -0.2) is 304 Å². The number of benzene rings is 4. The number of hydrogen-bond donors (Lipinski definition) is 14. The number of anilines is 1. The fourth-order valence-electron chi connectivity index (χ4n) is 19.6. The summed E-state index contributed by atoms with van der Waals surface area (Å²) in [4.78, 5) is 246. The molecular weight excluding hydrogens is 1910 g/mol. The van der Waals surface area contributed by atoms with Crippen LogP contribution in [0.2, 0.25) is 0 Å². The van der Waals surface area contributed by atoms with E-state index >= 15 is 0 Å². The summed E-state index contributed by atoms with van der Waals surface area (Å²) in [6.07, 6.45) is 6.81. The quantitative estimate of drug-likeness (QED) is 0.0148. The minimum absolute atomic E-state index is 0.0494. The van der Waals surface area contributed by atoms with Gasteiger partial charge >= 0.3 is 30.0 Å². The number of fused-ring (bicyclic) bond motifs is 1. The Labute approximate surface area is 865 Å². The van der Waals surface area contributed by atoms with Gasteiger partial charge in [-0.3, -0.25) is 76.9 Å². The van der Waals surface area contributed by atoms with Crippen LogP contribution in [0.3, 0.4) is 0 Å². The normalized spacial score (nSPS) is 18.6. The number of nitrogens with one attached hydrogen (secondary N) is 10. The van der Waals surface area contributed by atoms with E-state index in [0.717, 1.165) is 33.7 Å². The summed E-state index contributed by atoms with van der Waals surface area (Å²) in [7, 11) is 6.17. The maximum absolute atomic E-state index is 14.9. The van der Waals surface area contributed by atoms with Gasteiger partial charge in [-0.05, 0) is 179 Å². The molecule has 41 heteroatoms. The maximum atomic E-state index is 14.9. The first-order valence-corrected chi connectivity index (χ1v) is 52.8. The number of carboxylic acid groups (broad SMARTS) is 3. The Morgan fingerprint density at radius 2 is 1.18 bits per heavy atom. The lowest BCUT2D eigenvalue weighted by Gasteiger charge is -2.41. The largest absolute Gasteiger partial charge is 0.481 e. The number of carbonyl (C=O) groups is 18. The Morgan fingerprint density at radius 1 is 0.558 bits per heavy atom. The van der Waals surface area contributed by atoms with Crippen LogP contribution in [0.25, 0.3) is 10.8 Å². The molecule has 0 radical (unpaired) electrons. The Bertz CT molecular complexity index is 5090. The van der Waals surface area contributed by atoms with Gasteiger partial charge in [0.25, 0.3) is 0 Å². The molecule has 0 spiro atoms. The van der Waals surface area contributed by atoms with Crippen LogP contribution in [0.15, 0.2) is 97.1 Å². The van der Waals surface area contributed by atoms with Gasteiger partial charge in [0.2, 0.25) is 76.8 Å². The summed E-state index contributed by atoms with van der Waals surface area (Å²) < 4.78 is 17.9. The van der Waals surface area contributed by atoms with Gasteiger partial charge in [0.05, 0.1) is 54.5 Å². The third kappa shape index (κ3) is 37.8. The average Bonchev–Trinajstić information content (AvgIpc) is 1.75. The molecule has 0 bridgehead atoms. The van der Waals surface area contributed by atoms with Crippen molar-refractivity contribution in [1.29, 1.82) is 0 Å². The number of carboxylic acids is 3. The summed E-state index contributed by atoms with van der Waals surface area (Å²) in [5, 5.41) is 56.9. The number of likely N-dealkylation sites (N-methyl/N-ethyl adjacent to an activating group) is 2. The molecule has 4 fully saturated rings. The zero-order valence-electron chi connectivity index (χ0n) is 87.1. The second kappa shape index (κ2) is 60.8. The Hall–Kier alpha value is -12.4. The van der Waals surface area contributed by atoms with E-state index in [1.807, 2.05) is 114 Å². The van der Waals surface area contributed by atoms with Crippen LogP contribution in [0, 0.1) is 35.5 Å². The molecule has 3 saturated heterocycles. The third-order valence-corrected chi connectivity index (χ3v) is 29.5. The van der Waals surface area contributed by atoms with Gasteiger partial charge in [0.1, 0.15) is 42.9 Å². The number of amides is 16. The highest BCUT2D eigenvalue weighted by Crippen LogP contribution is 2.34. The topological polar surface area (TPSA) is 558 Å². The average molecular weight is 2070 g/mol. The van der Waals surface area contributed by atoms with Gasteiger partial charge in [-0.25, -0.2) is 19.2 Å². The number of unbranched alkanes of at least 4 members (excludes halogenated alkanes) is 5. The summed E-state index contributed by atoms with van der Waals surface area (Å²) in [6.45, 7) is 16.1. The highest BCUT2D eigenvalue weighted by atomic mass is 32.2. The van der Waals surface area contributed by atoms with Gasteiger partial charge < -0.3 is 103 Å². The van der Waals surface area contributed by atoms with E-state index in [1.54, 1.807) is 62.1 Å². The first-order chi connectivity index (χ1) is 70.1. The fraction of sp³-hybridized carbons (Fsp3) is 0.623. The molecule has 4 aromatic rings. The summed E-state index contributed by atoms with van der Waals surface area (Å²) >= 11 is 1.14. The SMILES string of the molecule is CC[C@H](C)[C@@H]([C@@H](CC(=O)N1CCC[C@H]1[C@H](OC)[C@@H](C)C(=O)N[C@H](C)Cc1ccccc1)OC)N(C)C(=O)[C@@H](NC(=O)[C@H](C(C)C)N(C)C(=O)OCc1ccc(NC(=O)[C@@H]2CCCN2C(=O)CNC(=O)CCCCCN2C(=O)CC(SC[C@H](N)C(=O)NCCCCCC(=O)NCC3CCC(C(=O)N[C@@H](Cc4ccc5ccccc5c4)C(=O)NCCCC[C@H](NC(=O)N[C@@H](CCC(=O)O)C(=O)O)C(=O)O)CC3)C2=O)cc1)C(C)C. The molecule has 3 aliphatic heterocycles. The molecule has 0 aromatic heterocycles. The van der Waals surface area contributed by atoms with Gasteiger partial charge in [0.15, 0.2) is 0 Å². The van der Waals surface area contributed by atoms with Crippen LogP contribution in [0.1, 0.15) is 226 Å². The van der Waals surface area contributed by atoms with E-state index in [-0.39, 0.29) is 155 Å².